The Bertz CT molecular complexity index is 616. The first-order valence-corrected chi connectivity index (χ1v) is 6.89. The zero-order valence-corrected chi connectivity index (χ0v) is 12.2. The molecule has 0 atom stereocenters. The molecule has 1 aromatic carbocycles. The predicted octanol–water partition coefficient (Wildman–Crippen LogP) is 3.08. The van der Waals surface area contributed by atoms with Gasteiger partial charge in [-0.05, 0) is 23.8 Å². The Hall–Kier alpha value is -1.78. The number of nitrogens with zero attached hydrogens (tertiary/aromatic N) is 1. The first-order chi connectivity index (χ1) is 9.66. The largest absolute Gasteiger partial charge is 0.347 e. The highest BCUT2D eigenvalue weighted by Crippen LogP contribution is 2.15. The van der Waals surface area contributed by atoms with Crippen LogP contribution < -0.4 is 5.32 Å². The molecular formula is C15H13ClN2OS. The minimum atomic E-state index is -0.158. The van der Waals surface area contributed by atoms with Crippen molar-refractivity contribution in [1.82, 2.24) is 10.3 Å². The zero-order chi connectivity index (χ0) is 14.4. The Morgan fingerprint density at radius 3 is 2.60 bits per heavy atom. The number of hydrogen-bond donors (Lipinski definition) is 1. The van der Waals surface area contributed by atoms with E-state index in [1.807, 2.05) is 24.3 Å². The number of aromatic nitrogens is 1. The number of carbonyl (C=O) groups is 1. The van der Waals surface area contributed by atoms with Gasteiger partial charge in [0.1, 0.15) is 0 Å². The lowest BCUT2D eigenvalue weighted by atomic mass is 10.1. The molecule has 0 unspecified atom stereocenters. The van der Waals surface area contributed by atoms with Gasteiger partial charge in [0.15, 0.2) is 0 Å². The third-order valence-electron chi connectivity index (χ3n) is 2.73. The number of hydrogen-bond acceptors (Lipinski definition) is 3. The lowest BCUT2D eigenvalue weighted by molar-refractivity contribution is 0.0959. The normalized spacial score (nSPS) is 10.1. The molecular weight excluding hydrogens is 292 g/mol. The van der Waals surface area contributed by atoms with Crippen molar-refractivity contribution in [3.63, 3.8) is 0 Å². The van der Waals surface area contributed by atoms with Gasteiger partial charge in [-0.2, -0.15) is 0 Å². The van der Waals surface area contributed by atoms with Crippen molar-refractivity contribution < 1.29 is 4.79 Å². The van der Waals surface area contributed by atoms with E-state index in [1.165, 1.54) is 0 Å². The molecule has 2 aromatic rings. The van der Waals surface area contributed by atoms with Crippen molar-refractivity contribution in [2.24, 2.45) is 0 Å². The zero-order valence-electron chi connectivity index (χ0n) is 10.7. The Morgan fingerprint density at radius 2 is 1.90 bits per heavy atom. The molecule has 20 heavy (non-hydrogen) atoms. The highest BCUT2D eigenvalue weighted by atomic mass is 35.5. The molecule has 3 nitrogen and oxygen atoms in total. The molecule has 0 aliphatic heterocycles. The van der Waals surface area contributed by atoms with Crippen molar-refractivity contribution in [2.45, 2.75) is 6.42 Å². The molecule has 102 valence electrons. The summed E-state index contributed by atoms with van der Waals surface area (Å²) in [5.41, 5.74) is 1.54. The Balaban J connectivity index is 1.87. The van der Waals surface area contributed by atoms with Crippen LogP contribution in [-0.4, -0.2) is 22.3 Å². The van der Waals surface area contributed by atoms with Gasteiger partial charge in [0, 0.05) is 40.8 Å². The van der Waals surface area contributed by atoms with Gasteiger partial charge in [0.2, 0.25) is 0 Å². The standard InChI is InChI=1S/C15H13ClN2OS/c16-14-4-2-1-3-12(14)9-13(20)10-18-15(19)11-5-7-17-8-6-11/h1-8H,9-10H2,(H,18,19). The summed E-state index contributed by atoms with van der Waals surface area (Å²) in [6.45, 7) is 0.349. The van der Waals surface area contributed by atoms with E-state index < -0.39 is 0 Å². The number of pyridine rings is 1. The third kappa shape index (κ3) is 4.11. The molecule has 0 saturated carbocycles. The SMILES string of the molecule is O=C(NCC(=S)Cc1ccccc1Cl)c1ccncc1. The Labute approximate surface area is 128 Å². The van der Waals surface area contributed by atoms with Crippen LogP contribution in [0.1, 0.15) is 15.9 Å². The van der Waals surface area contributed by atoms with Crippen molar-refractivity contribution in [2.75, 3.05) is 6.54 Å². The molecule has 0 aliphatic rings. The number of carbonyl (C=O) groups excluding carboxylic acids is 1. The van der Waals surface area contributed by atoms with Crippen LogP contribution in [-0.2, 0) is 6.42 Å². The summed E-state index contributed by atoms with van der Waals surface area (Å²) in [7, 11) is 0. The van der Waals surface area contributed by atoms with Gasteiger partial charge in [0.05, 0.1) is 0 Å². The predicted molar refractivity (Wildman–Crippen MR) is 84.3 cm³/mol. The minimum Gasteiger partial charge on any atom is -0.347 e. The fourth-order valence-corrected chi connectivity index (χ4v) is 2.13. The minimum absolute atomic E-state index is 0.158. The summed E-state index contributed by atoms with van der Waals surface area (Å²) < 4.78 is 0. The average molecular weight is 305 g/mol. The monoisotopic (exact) mass is 304 g/mol. The van der Waals surface area contributed by atoms with Gasteiger partial charge in [-0.3, -0.25) is 9.78 Å². The molecule has 0 aliphatic carbocycles. The van der Waals surface area contributed by atoms with Crippen LogP contribution in [0.15, 0.2) is 48.8 Å². The first-order valence-electron chi connectivity index (χ1n) is 6.10. The highest BCUT2D eigenvalue weighted by Gasteiger charge is 2.07. The van der Waals surface area contributed by atoms with Crippen LogP contribution in [0.4, 0.5) is 0 Å². The highest BCUT2D eigenvalue weighted by molar-refractivity contribution is 7.80. The first kappa shape index (κ1) is 14.6. The summed E-state index contributed by atoms with van der Waals surface area (Å²) >= 11 is 11.4. The third-order valence-corrected chi connectivity index (χ3v) is 3.39. The Morgan fingerprint density at radius 1 is 1.20 bits per heavy atom. The summed E-state index contributed by atoms with van der Waals surface area (Å²) in [5.74, 6) is -0.158. The quantitative estimate of drug-likeness (QED) is 0.863. The summed E-state index contributed by atoms with van der Waals surface area (Å²) in [5, 5.41) is 3.48. The maximum atomic E-state index is 11.8. The van der Waals surface area contributed by atoms with Gasteiger partial charge < -0.3 is 5.32 Å². The topological polar surface area (TPSA) is 42.0 Å². The molecule has 1 aromatic heterocycles. The fourth-order valence-electron chi connectivity index (χ4n) is 1.70. The second kappa shape index (κ2) is 7.12. The summed E-state index contributed by atoms with van der Waals surface area (Å²) in [4.78, 5) is 16.4. The van der Waals surface area contributed by atoms with E-state index in [2.05, 4.69) is 10.3 Å². The van der Waals surface area contributed by atoms with Gasteiger partial charge in [0.25, 0.3) is 5.91 Å². The molecule has 1 heterocycles. The van der Waals surface area contributed by atoms with Crippen LogP contribution in [0, 0.1) is 0 Å². The molecule has 1 N–H and O–H groups in total. The van der Waals surface area contributed by atoms with Crippen molar-refractivity contribution in [3.8, 4) is 0 Å². The van der Waals surface area contributed by atoms with Gasteiger partial charge >= 0.3 is 0 Å². The number of benzene rings is 1. The maximum Gasteiger partial charge on any atom is 0.251 e. The van der Waals surface area contributed by atoms with E-state index in [9.17, 15) is 4.79 Å². The van der Waals surface area contributed by atoms with Crippen molar-refractivity contribution >= 4 is 34.6 Å². The molecule has 0 fully saturated rings. The van der Waals surface area contributed by atoms with Crippen LogP contribution >= 0.6 is 23.8 Å². The van der Waals surface area contributed by atoms with Crippen LogP contribution in [0.25, 0.3) is 0 Å². The van der Waals surface area contributed by atoms with E-state index in [0.29, 0.717) is 23.6 Å². The molecule has 0 radical (unpaired) electrons. The van der Waals surface area contributed by atoms with Crippen molar-refractivity contribution in [3.05, 3.63) is 64.9 Å². The second-order valence-corrected chi connectivity index (χ2v) is 5.21. The van der Waals surface area contributed by atoms with E-state index >= 15 is 0 Å². The number of nitrogens with one attached hydrogen (secondary N) is 1. The van der Waals surface area contributed by atoms with Gasteiger partial charge in [-0.25, -0.2) is 0 Å². The molecule has 5 heteroatoms. The van der Waals surface area contributed by atoms with E-state index in [1.54, 1.807) is 24.5 Å². The summed E-state index contributed by atoms with van der Waals surface area (Å²) in [6, 6.07) is 10.9. The van der Waals surface area contributed by atoms with Crippen LogP contribution in [0.2, 0.25) is 5.02 Å². The lowest BCUT2D eigenvalue weighted by Gasteiger charge is -2.08. The average Bonchev–Trinajstić information content (AvgIpc) is 2.48. The fraction of sp³-hybridized carbons (Fsp3) is 0.133. The van der Waals surface area contributed by atoms with Gasteiger partial charge in [-0.1, -0.05) is 42.0 Å². The summed E-state index contributed by atoms with van der Waals surface area (Å²) in [6.07, 6.45) is 3.74. The molecule has 0 saturated heterocycles. The van der Waals surface area contributed by atoms with E-state index in [0.717, 1.165) is 10.4 Å². The smallest absolute Gasteiger partial charge is 0.251 e. The molecule has 0 bridgehead atoms. The number of rotatable bonds is 5. The molecule has 0 spiro atoms. The maximum absolute atomic E-state index is 11.8. The van der Waals surface area contributed by atoms with Crippen LogP contribution in [0.5, 0.6) is 0 Å². The molecule has 2 rings (SSSR count). The number of amides is 1. The number of halogens is 1. The lowest BCUT2D eigenvalue weighted by Crippen LogP contribution is -2.29. The van der Waals surface area contributed by atoms with Crippen molar-refractivity contribution in [1.29, 1.82) is 0 Å². The van der Waals surface area contributed by atoms with Gasteiger partial charge in [-0.15, -0.1) is 0 Å². The van der Waals surface area contributed by atoms with E-state index in [-0.39, 0.29) is 5.91 Å². The number of thiocarbonyl (C=S) groups is 1. The Kier molecular flexibility index (Phi) is 5.21. The second-order valence-electron chi connectivity index (χ2n) is 4.23. The molecule has 1 amide bonds. The van der Waals surface area contributed by atoms with Crippen LogP contribution in [0.3, 0.4) is 0 Å². The van der Waals surface area contributed by atoms with E-state index in [4.69, 9.17) is 23.8 Å².